The number of fused-ring (bicyclic) bond motifs is 1. The summed E-state index contributed by atoms with van der Waals surface area (Å²) >= 11 is 0. The number of ether oxygens (including phenoxy) is 1. The van der Waals surface area contributed by atoms with Crippen LogP contribution in [0.5, 0.6) is 0 Å². The molecule has 4 aliphatic rings. The smallest absolute Gasteiger partial charge is 0.381 e. The molecule has 222 valence electrons. The Kier molecular flexibility index (Phi) is 6.84. The van der Waals surface area contributed by atoms with Crippen LogP contribution in [0.4, 0.5) is 19.0 Å². The number of aryl methyl sites for hydroxylation is 1. The van der Waals surface area contributed by atoms with E-state index in [0.717, 1.165) is 42.8 Å². The molecule has 2 atom stereocenters. The highest BCUT2D eigenvalue weighted by Gasteiger charge is 2.42. The average molecular weight is 581 g/mol. The standard InChI is InChI=1S/C31H35F3N6O2/c1-17(19-4-3-5-19)35-12-18-8-23-24(25(9-18)31(32,33)34)13-40(30(23)41)27-11-21(10-26(37-27)20-6-7-20)28(22-14-42-15-22)29-38-36-16-39(29)2/h8-11,16-17,19-20,22,28,35H,3-7,12-15H2,1-2H3/t17-,28+/m0/s1. The number of hydrogen-bond donors (Lipinski definition) is 1. The van der Waals surface area contributed by atoms with Crippen LogP contribution >= 0.6 is 0 Å². The van der Waals surface area contributed by atoms with E-state index in [4.69, 9.17) is 9.72 Å². The Morgan fingerprint density at radius 3 is 2.48 bits per heavy atom. The van der Waals surface area contributed by atoms with E-state index in [1.165, 1.54) is 17.4 Å². The Morgan fingerprint density at radius 1 is 1.10 bits per heavy atom. The number of carbonyl (C=O) groups excluding carboxylic acids is 1. The molecule has 1 amide bonds. The maximum absolute atomic E-state index is 14.4. The van der Waals surface area contributed by atoms with Gasteiger partial charge in [0.15, 0.2) is 0 Å². The van der Waals surface area contributed by atoms with E-state index in [2.05, 4.69) is 28.5 Å². The molecule has 7 rings (SSSR count). The summed E-state index contributed by atoms with van der Waals surface area (Å²) in [6.45, 7) is 3.34. The first-order valence-electron chi connectivity index (χ1n) is 14.9. The van der Waals surface area contributed by atoms with Crippen molar-refractivity contribution in [2.24, 2.45) is 18.9 Å². The fraction of sp³-hybridized carbons (Fsp3) is 0.548. The van der Waals surface area contributed by atoms with Crippen molar-refractivity contribution in [3.8, 4) is 0 Å². The zero-order valence-corrected chi connectivity index (χ0v) is 23.8. The summed E-state index contributed by atoms with van der Waals surface area (Å²) in [5.74, 6) is 1.60. The SMILES string of the molecule is C[C@H](NCc1cc2c(c(C(F)(F)F)c1)CN(c1cc([C@@H](c3nncn3C)C3COC3)cc(C3CC3)n1)C2=O)C1CCC1. The van der Waals surface area contributed by atoms with Gasteiger partial charge in [0.05, 0.1) is 31.2 Å². The summed E-state index contributed by atoms with van der Waals surface area (Å²) in [7, 11) is 1.89. The Labute approximate surface area is 242 Å². The Morgan fingerprint density at radius 2 is 1.88 bits per heavy atom. The number of nitrogens with zero attached hydrogens (tertiary/aromatic N) is 5. The molecule has 0 spiro atoms. The number of aromatic nitrogens is 4. The van der Waals surface area contributed by atoms with Gasteiger partial charge >= 0.3 is 6.18 Å². The number of carbonyl (C=O) groups is 1. The molecule has 4 heterocycles. The molecule has 0 radical (unpaired) electrons. The van der Waals surface area contributed by atoms with Crippen LogP contribution in [0.25, 0.3) is 0 Å². The highest BCUT2D eigenvalue weighted by molar-refractivity contribution is 6.10. The van der Waals surface area contributed by atoms with Crippen molar-refractivity contribution in [3.63, 3.8) is 0 Å². The number of amides is 1. The minimum absolute atomic E-state index is 0.0145. The normalized spacial score (nSPS) is 20.8. The highest BCUT2D eigenvalue weighted by Crippen LogP contribution is 2.45. The van der Waals surface area contributed by atoms with Gasteiger partial charge in [-0.3, -0.25) is 9.69 Å². The van der Waals surface area contributed by atoms with E-state index in [1.54, 1.807) is 12.4 Å². The van der Waals surface area contributed by atoms with Crippen molar-refractivity contribution in [2.75, 3.05) is 18.1 Å². The maximum Gasteiger partial charge on any atom is 0.416 e. The molecule has 1 aromatic carbocycles. The summed E-state index contributed by atoms with van der Waals surface area (Å²) < 4.78 is 50.5. The van der Waals surface area contributed by atoms with Gasteiger partial charge in [0, 0.05) is 42.7 Å². The molecule has 1 saturated heterocycles. The molecule has 11 heteroatoms. The first-order valence-corrected chi connectivity index (χ1v) is 14.9. The fourth-order valence-corrected chi connectivity index (χ4v) is 6.51. The van der Waals surface area contributed by atoms with Crippen molar-refractivity contribution in [2.45, 2.75) is 76.2 Å². The molecule has 42 heavy (non-hydrogen) atoms. The second-order valence-electron chi connectivity index (χ2n) is 12.5. The molecule has 0 bridgehead atoms. The zero-order chi connectivity index (χ0) is 29.2. The molecule has 8 nitrogen and oxygen atoms in total. The van der Waals surface area contributed by atoms with Crippen molar-refractivity contribution in [3.05, 3.63) is 69.9 Å². The van der Waals surface area contributed by atoms with Gasteiger partial charge in [-0.05, 0) is 79.5 Å². The first kappa shape index (κ1) is 27.5. The predicted molar refractivity (Wildman–Crippen MR) is 149 cm³/mol. The van der Waals surface area contributed by atoms with Crippen LogP contribution in [0.3, 0.4) is 0 Å². The predicted octanol–water partition coefficient (Wildman–Crippen LogP) is 5.32. The van der Waals surface area contributed by atoms with E-state index < -0.39 is 17.6 Å². The van der Waals surface area contributed by atoms with Crippen molar-refractivity contribution < 1.29 is 22.7 Å². The van der Waals surface area contributed by atoms with Crippen molar-refractivity contribution in [1.82, 2.24) is 25.1 Å². The summed E-state index contributed by atoms with van der Waals surface area (Å²) in [5, 5.41) is 11.9. The van der Waals surface area contributed by atoms with E-state index in [0.29, 0.717) is 30.5 Å². The molecule has 1 N–H and O–H groups in total. The minimum Gasteiger partial charge on any atom is -0.381 e. The quantitative estimate of drug-likeness (QED) is 0.369. The molecule has 2 aliphatic heterocycles. The van der Waals surface area contributed by atoms with Crippen LogP contribution in [0, 0.1) is 11.8 Å². The maximum atomic E-state index is 14.4. The van der Waals surface area contributed by atoms with E-state index in [-0.39, 0.29) is 48.0 Å². The van der Waals surface area contributed by atoms with Crippen LogP contribution in [-0.2, 0) is 31.1 Å². The number of benzene rings is 1. The Hall–Kier alpha value is -3.31. The summed E-state index contributed by atoms with van der Waals surface area (Å²) in [6, 6.07) is 6.97. The molecule has 2 saturated carbocycles. The summed E-state index contributed by atoms with van der Waals surface area (Å²) in [4.78, 5) is 20.1. The van der Waals surface area contributed by atoms with E-state index in [9.17, 15) is 18.0 Å². The molecule has 3 aromatic rings. The van der Waals surface area contributed by atoms with Gasteiger partial charge in [0.2, 0.25) is 0 Å². The molecular weight excluding hydrogens is 545 g/mol. The third-order valence-electron chi connectivity index (χ3n) is 9.54. The van der Waals surface area contributed by atoms with Crippen LogP contribution < -0.4 is 10.2 Å². The van der Waals surface area contributed by atoms with Gasteiger partial charge in [-0.2, -0.15) is 13.2 Å². The summed E-state index contributed by atoms with van der Waals surface area (Å²) in [6.07, 6.45) is 2.55. The average Bonchev–Trinajstić information content (AvgIpc) is 3.58. The van der Waals surface area contributed by atoms with Crippen LogP contribution in [0.2, 0.25) is 0 Å². The monoisotopic (exact) mass is 580 g/mol. The van der Waals surface area contributed by atoms with Gasteiger partial charge < -0.3 is 14.6 Å². The zero-order valence-electron chi connectivity index (χ0n) is 23.8. The second kappa shape index (κ2) is 10.4. The van der Waals surface area contributed by atoms with Crippen molar-refractivity contribution >= 4 is 11.7 Å². The molecule has 3 fully saturated rings. The van der Waals surface area contributed by atoms with Gasteiger partial charge in [-0.25, -0.2) is 4.98 Å². The second-order valence-corrected chi connectivity index (χ2v) is 12.5. The third-order valence-corrected chi connectivity index (χ3v) is 9.54. The fourth-order valence-electron chi connectivity index (χ4n) is 6.51. The number of anilines is 1. The number of alkyl halides is 3. The van der Waals surface area contributed by atoms with Gasteiger partial charge in [0.25, 0.3) is 5.91 Å². The molecule has 0 unspecified atom stereocenters. The van der Waals surface area contributed by atoms with Gasteiger partial charge in [0.1, 0.15) is 18.0 Å². The Bertz CT molecular complexity index is 1510. The molecule has 2 aromatic heterocycles. The third kappa shape index (κ3) is 5.00. The number of hydrogen-bond acceptors (Lipinski definition) is 6. The van der Waals surface area contributed by atoms with Crippen molar-refractivity contribution in [1.29, 1.82) is 0 Å². The number of rotatable bonds is 9. The lowest BCUT2D eigenvalue weighted by Gasteiger charge is -2.34. The lowest BCUT2D eigenvalue weighted by Crippen LogP contribution is -2.36. The lowest BCUT2D eigenvalue weighted by molar-refractivity contribution is -0.138. The van der Waals surface area contributed by atoms with E-state index >= 15 is 0 Å². The number of halogens is 3. The topological polar surface area (TPSA) is 85.2 Å². The molecule has 2 aliphatic carbocycles. The first-order chi connectivity index (χ1) is 20.2. The lowest BCUT2D eigenvalue weighted by atomic mass is 9.80. The van der Waals surface area contributed by atoms with Crippen LogP contribution in [-0.4, -0.2) is 44.9 Å². The highest BCUT2D eigenvalue weighted by atomic mass is 19.4. The van der Waals surface area contributed by atoms with Gasteiger partial charge in [-0.1, -0.05) is 6.42 Å². The Balaban J connectivity index is 1.24. The molecular formula is C31H35F3N6O2. The van der Waals surface area contributed by atoms with Gasteiger partial charge in [-0.15, -0.1) is 10.2 Å². The number of pyridine rings is 1. The van der Waals surface area contributed by atoms with E-state index in [1.807, 2.05) is 17.7 Å². The van der Waals surface area contributed by atoms with Crippen LogP contribution in [0.1, 0.15) is 95.0 Å². The summed E-state index contributed by atoms with van der Waals surface area (Å²) in [5.41, 5.74) is 1.64. The minimum atomic E-state index is -4.58. The largest absolute Gasteiger partial charge is 0.416 e. The number of nitrogens with one attached hydrogen (secondary N) is 1. The van der Waals surface area contributed by atoms with Crippen LogP contribution in [0.15, 0.2) is 30.6 Å².